The van der Waals surface area contributed by atoms with Gasteiger partial charge in [0.1, 0.15) is 11.6 Å². The number of hydrogen-bond acceptors (Lipinski definition) is 4. The Morgan fingerprint density at radius 1 is 0.958 bits per heavy atom. The average Bonchev–Trinajstić information content (AvgIpc) is 2.54. The zero-order valence-electron chi connectivity index (χ0n) is 12.4. The molecule has 4 nitrogen and oxygen atoms in total. The molecule has 2 aromatic carbocycles. The van der Waals surface area contributed by atoms with Gasteiger partial charge in [0.2, 0.25) is 5.95 Å². The number of halogens is 3. The summed E-state index contributed by atoms with van der Waals surface area (Å²) in [6.07, 6.45) is 1.63. The number of rotatable bonds is 5. The van der Waals surface area contributed by atoms with Crippen LogP contribution in [0.2, 0.25) is 10.0 Å². The lowest BCUT2D eigenvalue weighted by Gasteiger charge is -2.09. The van der Waals surface area contributed by atoms with Crippen LogP contribution in [0.5, 0.6) is 0 Å². The first-order chi connectivity index (χ1) is 11.6. The summed E-state index contributed by atoms with van der Waals surface area (Å²) in [4.78, 5) is 8.53. The van der Waals surface area contributed by atoms with Crippen molar-refractivity contribution in [3.63, 3.8) is 0 Å². The summed E-state index contributed by atoms with van der Waals surface area (Å²) < 4.78 is 12.9. The second-order valence-electron chi connectivity index (χ2n) is 5.03. The summed E-state index contributed by atoms with van der Waals surface area (Å²) in [5.41, 5.74) is 1.66. The molecule has 3 aromatic rings. The van der Waals surface area contributed by atoms with E-state index in [2.05, 4.69) is 20.6 Å². The lowest BCUT2D eigenvalue weighted by molar-refractivity contribution is 0.627. The first-order valence-electron chi connectivity index (χ1n) is 7.13. The van der Waals surface area contributed by atoms with Crippen molar-refractivity contribution in [1.29, 1.82) is 0 Å². The first kappa shape index (κ1) is 16.5. The predicted molar refractivity (Wildman–Crippen MR) is 95.5 cm³/mol. The molecule has 0 saturated heterocycles. The number of nitrogens with zero attached hydrogens (tertiary/aromatic N) is 2. The van der Waals surface area contributed by atoms with Crippen LogP contribution in [0.1, 0.15) is 5.56 Å². The largest absolute Gasteiger partial charge is 0.350 e. The van der Waals surface area contributed by atoms with Crippen LogP contribution in [0.3, 0.4) is 0 Å². The van der Waals surface area contributed by atoms with Crippen LogP contribution in [0.25, 0.3) is 0 Å². The molecule has 0 aliphatic rings. The van der Waals surface area contributed by atoms with Crippen LogP contribution in [0.4, 0.5) is 21.8 Å². The van der Waals surface area contributed by atoms with Gasteiger partial charge in [-0.15, -0.1) is 0 Å². The maximum atomic E-state index is 12.9. The number of anilines is 3. The first-order valence-corrected chi connectivity index (χ1v) is 7.88. The van der Waals surface area contributed by atoms with Crippen molar-refractivity contribution in [2.45, 2.75) is 6.54 Å². The monoisotopic (exact) mass is 362 g/mol. The summed E-state index contributed by atoms with van der Waals surface area (Å²) in [6.45, 7) is 0.493. The van der Waals surface area contributed by atoms with E-state index in [1.807, 2.05) is 0 Å². The van der Waals surface area contributed by atoms with Crippen molar-refractivity contribution in [3.05, 3.63) is 76.2 Å². The molecule has 0 unspecified atom stereocenters. The second-order valence-corrected chi connectivity index (χ2v) is 5.90. The van der Waals surface area contributed by atoms with Gasteiger partial charge < -0.3 is 10.6 Å². The van der Waals surface area contributed by atoms with Gasteiger partial charge in [0.25, 0.3) is 0 Å². The Hall–Kier alpha value is -2.37. The molecule has 0 bridgehead atoms. The zero-order valence-corrected chi connectivity index (χ0v) is 13.9. The van der Waals surface area contributed by atoms with Gasteiger partial charge in [0.15, 0.2) is 0 Å². The Morgan fingerprint density at radius 3 is 2.38 bits per heavy atom. The predicted octanol–water partition coefficient (Wildman–Crippen LogP) is 5.28. The van der Waals surface area contributed by atoms with Crippen molar-refractivity contribution in [2.75, 3.05) is 10.6 Å². The summed E-state index contributed by atoms with van der Waals surface area (Å²) >= 11 is 12.0. The normalized spacial score (nSPS) is 10.5. The van der Waals surface area contributed by atoms with E-state index in [9.17, 15) is 4.39 Å². The molecule has 122 valence electrons. The van der Waals surface area contributed by atoms with Crippen molar-refractivity contribution < 1.29 is 4.39 Å². The van der Waals surface area contributed by atoms with Gasteiger partial charge in [0.05, 0.1) is 0 Å². The number of benzene rings is 2. The van der Waals surface area contributed by atoms with E-state index in [0.29, 0.717) is 28.4 Å². The smallest absolute Gasteiger partial charge is 0.224 e. The highest BCUT2D eigenvalue weighted by molar-refractivity contribution is 6.35. The summed E-state index contributed by atoms with van der Waals surface area (Å²) in [5.74, 6) is 0.795. The Kier molecular flexibility index (Phi) is 5.13. The molecule has 0 saturated carbocycles. The van der Waals surface area contributed by atoms with Crippen LogP contribution < -0.4 is 10.6 Å². The molecule has 2 N–H and O–H groups in total. The molecule has 0 aliphatic heterocycles. The molecule has 3 rings (SSSR count). The molecule has 0 aliphatic carbocycles. The Balaban J connectivity index is 1.68. The fourth-order valence-electron chi connectivity index (χ4n) is 2.07. The van der Waals surface area contributed by atoms with Crippen LogP contribution in [0.15, 0.2) is 54.7 Å². The topological polar surface area (TPSA) is 49.8 Å². The maximum Gasteiger partial charge on any atom is 0.224 e. The zero-order chi connectivity index (χ0) is 16.9. The third-order valence-electron chi connectivity index (χ3n) is 3.15. The summed E-state index contributed by atoms with van der Waals surface area (Å²) in [7, 11) is 0. The fraction of sp³-hybridized carbons (Fsp3) is 0.0588. The minimum Gasteiger partial charge on any atom is -0.350 e. The van der Waals surface area contributed by atoms with Crippen LogP contribution in [-0.4, -0.2) is 9.97 Å². The number of nitrogens with one attached hydrogen (secondary N) is 2. The molecule has 0 spiro atoms. The highest BCUT2D eigenvalue weighted by Crippen LogP contribution is 2.24. The third-order valence-corrected chi connectivity index (χ3v) is 3.59. The molecule has 24 heavy (non-hydrogen) atoms. The van der Waals surface area contributed by atoms with E-state index in [1.54, 1.807) is 42.6 Å². The molecule has 0 atom stereocenters. The second kappa shape index (κ2) is 7.47. The third kappa shape index (κ3) is 4.57. The van der Waals surface area contributed by atoms with Crippen LogP contribution in [-0.2, 0) is 6.54 Å². The SMILES string of the molecule is Fc1ccc(CNc2nccc(Nc3cc(Cl)cc(Cl)c3)n2)cc1. The fourth-order valence-corrected chi connectivity index (χ4v) is 2.60. The van der Waals surface area contributed by atoms with Crippen molar-refractivity contribution in [1.82, 2.24) is 9.97 Å². The van der Waals surface area contributed by atoms with E-state index < -0.39 is 0 Å². The highest BCUT2D eigenvalue weighted by atomic mass is 35.5. The van der Waals surface area contributed by atoms with Gasteiger partial charge >= 0.3 is 0 Å². The summed E-state index contributed by atoms with van der Waals surface area (Å²) in [6, 6.07) is 13.1. The Bertz CT molecular complexity index is 820. The van der Waals surface area contributed by atoms with Crippen molar-refractivity contribution in [2.24, 2.45) is 0 Å². The van der Waals surface area contributed by atoms with E-state index in [1.165, 1.54) is 12.1 Å². The summed E-state index contributed by atoms with van der Waals surface area (Å²) in [5, 5.41) is 7.29. The quantitative estimate of drug-likeness (QED) is 0.648. The van der Waals surface area contributed by atoms with E-state index in [-0.39, 0.29) is 5.82 Å². The van der Waals surface area contributed by atoms with Gasteiger partial charge in [0, 0.05) is 28.5 Å². The van der Waals surface area contributed by atoms with Gasteiger partial charge in [-0.2, -0.15) is 4.98 Å². The van der Waals surface area contributed by atoms with E-state index in [0.717, 1.165) is 11.3 Å². The minimum absolute atomic E-state index is 0.263. The van der Waals surface area contributed by atoms with Crippen molar-refractivity contribution in [3.8, 4) is 0 Å². The van der Waals surface area contributed by atoms with Crippen molar-refractivity contribution >= 4 is 40.7 Å². The maximum absolute atomic E-state index is 12.9. The molecule has 0 amide bonds. The Labute approximate surface area is 148 Å². The van der Waals surface area contributed by atoms with Gasteiger partial charge in [-0.1, -0.05) is 35.3 Å². The van der Waals surface area contributed by atoms with Crippen LogP contribution >= 0.6 is 23.2 Å². The highest BCUT2D eigenvalue weighted by Gasteiger charge is 2.03. The van der Waals surface area contributed by atoms with E-state index >= 15 is 0 Å². The number of aromatic nitrogens is 2. The van der Waals surface area contributed by atoms with Gasteiger partial charge in [-0.3, -0.25) is 0 Å². The molecular weight excluding hydrogens is 350 g/mol. The number of hydrogen-bond donors (Lipinski definition) is 2. The Morgan fingerprint density at radius 2 is 1.67 bits per heavy atom. The van der Waals surface area contributed by atoms with Gasteiger partial charge in [-0.05, 0) is 42.0 Å². The minimum atomic E-state index is -0.263. The molecular formula is C17H13Cl2FN4. The van der Waals surface area contributed by atoms with E-state index in [4.69, 9.17) is 23.2 Å². The molecule has 0 fully saturated rings. The molecule has 0 radical (unpaired) electrons. The molecule has 1 aromatic heterocycles. The standard InChI is InChI=1S/C17H13Cl2FN4/c18-12-7-13(19)9-15(8-12)23-16-5-6-21-17(24-16)22-10-11-1-3-14(20)4-2-11/h1-9H,10H2,(H2,21,22,23,24). The molecule has 1 heterocycles. The molecule has 7 heteroatoms. The van der Waals surface area contributed by atoms with Gasteiger partial charge in [-0.25, -0.2) is 9.37 Å². The van der Waals surface area contributed by atoms with Crippen LogP contribution in [0, 0.1) is 5.82 Å². The average molecular weight is 363 g/mol. The lowest BCUT2D eigenvalue weighted by Crippen LogP contribution is -2.05. The lowest BCUT2D eigenvalue weighted by atomic mass is 10.2.